The second-order valence-electron chi connectivity index (χ2n) is 5.66. The van der Waals surface area contributed by atoms with Gasteiger partial charge >= 0.3 is 5.97 Å². The molecule has 2 rings (SSSR count). The van der Waals surface area contributed by atoms with E-state index in [1.807, 2.05) is 0 Å². The van der Waals surface area contributed by atoms with Crippen LogP contribution < -0.4 is 5.32 Å². The summed E-state index contributed by atoms with van der Waals surface area (Å²) < 4.78 is 0. The lowest BCUT2D eigenvalue weighted by molar-refractivity contribution is -0.148. The van der Waals surface area contributed by atoms with Crippen molar-refractivity contribution in [2.24, 2.45) is 0 Å². The average molecular weight is 291 g/mol. The fraction of sp³-hybridized carbons (Fsp3) is 0.500. The third-order valence-electron chi connectivity index (χ3n) is 4.09. The van der Waals surface area contributed by atoms with Crippen molar-refractivity contribution in [1.29, 1.82) is 0 Å². The zero-order valence-corrected chi connectivity index (χ0v) is 12.0. The largest absolute Gasteiger partial charge is 0.508 e. The molecule has 0 bridgehead atoms. The van der Waals surface area contributed by atoms with Crippen LogP contribution in [0.1, 0.15) is 44.1 Å². The molecule has 1 aromatic rings. The number of hydrogen-bond donors (Lipinski definition) is 3. The molecule has 1 amide bonds. The van der Waals surface area contributed by atoms with Gasteiger partial charge in [-0.25, -0.2) is 4.79 Å². The summed E-state index contributed by atoms with van der Waals surface area (Å²) in [5.74, 6) is -1.27. The van der Waals surface area contributed by atoms with Gasteiger partial charge in [0.2, 0.25) is 5.91 Å². The van der Waals surface area contributed by atoms with Crippen molar-refractivity contribution < 1.29 is 19.8 Å². The maximum atomic E-state index is 12.2. The Hall–Kier alpha value is -2.04. The molecule has 1 saturated carbocycles. The summed E-state index contributed by atoms with van der Waals surface area (Å²) >= 11 is 0. The summed E-state index contributed by atoms with van der Waals surface area (Å²) in [5.41, 5.74) is -0.651. The molecule has 1 aromatic carbocycles. The van der Waals surface area contributed by atoms with E-state index >= 15 is 0 Å². The van der Waals surface area contributed by atoms with Crippen LogP contribution in [0, 0.1) is 0 Å². The molecule has 0 saturated heterocycles. The lowest BCUT2D eigenvalue weighted by Crippen LogP contribution is -2.54. The Bertz CT molecular complexity index is 519. The van der Waals surface area contributed by atoms with E-state index in [2.05, 4.69) is 5.32 Å². The maximum absolute atomic E-state index is 12.2. The number of carboxylic acid groups (broad SMARTS) is 1. The SMILES string of the molecule is O=C(Cc1ccccc1O)NC1(C(=O)O)CCCCCC1. The highest BCUT2D eigenvalue weighted by Crippen LogP contribution is 2.28. The van der Waals surface area contributed by atoms with E-state index in [1.165, 1.54) is 6.07 Å². The van der Waals surface area contributed by atoms with Gasteiger partial charge in [-0.3, -0.25) is 4.79 Å². The number of phenolic OH excluding ortho intramolecular Hbond substituents is 1. The number of phenols is 1. The number of aromatic hydroxyl groups is 1. The van der Waals surface area contributed by atoms with Gasteiger partial charge in [-0.15, -0.1) is 0 Å². The maximum Gasteiger partial charge on any atom is 0.329 e. The number of carbonyl (C=O) groups is 2. The molecule has 1 aliphatic carbocycles. The first-order valence-electron chi connectivity index (χ1n) is 7.35. The number of benzene rings is 1. The van der Waals surface area contributed by atoms with Crippen LogP contribution in [0.3, 0.4) is 0 Å². The molecule has 0 atom stereocenters. The van der Waals surface area contributed by atoms with Gasteiger partial charge in [0, 0.05) is 5.56 Å². The quantitative estimate of drug-likeness (QED) is 0.742. The van der Waals surface area contributed by atoms with Crippen LogP contribution in [-0.4, -0.2) is 27.6 Å². The summed E-state index contributed by atoms with van der Waals surface area (Å²) in [6.07, 6.45) is 4.55. The van der Waals surface area contributed by atoms with E-state index in [0.29, 0.717) is 18.4 Å². The Morgan fingerprint density at radius 1 is 1.10 bits per heavy atom. The summed E-state index contributed by atoms with van der Waals surface area (Å²) in [7, 11) is 0. The van der Waals surface area contributed by atoms with Crippen molar-refractivity contribution in [1.82, 2.24) is 5.32 Å². The minimum atomic E-state index is -1.15. The molecular formula is C16H21NO4. The van der Waals surface area contributed by atoms with E-state index in [-0.39, 0.29) is 18.1 Å². The van der Waals surface area contributed by atoms with Crippen LogP contribution in [0.15, 0.2) is 24.3 Å². The number of carboxylic acids is 1. The number of hydrogen-bond acceptors (Lipinski definition) is 3. The topological polar surface area (TPSA) is 86.6 Å². The van der Waals surface area contributed by atoms with Gasteiger partial charge in [-0.1, -0.05) is 43.9 Å². The predicted molar refractivity (Wildman–Crippen MR) is 78.0 cm³/mol. The zero-order chi connectivity index (χ0) is 15.3. The lowest BCUT2D eigenvalue weighted by atomic mass is 9.90. The number of nitrogens with one attached hydrogen (secondary N) is 1. The molecule has 21 heavy (non-hydrogen) atoms. The van der Waals surface area contributed by atoms with Crippen molar-refractivity contribution in [2.45, 2.75) is 50.5 Å². The highest BCUT2D eigenvalue weighted by atomic mass is 16.4. The molecule has 1 aliphatic rings. The van der Waals surface area contributed by atoms with Crippen molar-refractivity contribution in [3.8, 4) is 5.75 Å². The summed E-state index contributed by atoms with van der Waals surface area (Å²) in [6.45, 7) is 0. The summed E-state index contributed by atoms with van der Waals surface area (Å²) in [4.78, 5) is 23.8. The van der Waals surface area contributed by atoms with Gasteiger partial charge in [-0.05, 0) is 18.9 Å². The first-order chi connectivity index (χ1) is 10.0. The Balaban J connectivity index is 2.08. The van der Waals surface area contributed by atoms with Gasteiger partial charge in [0.05, 0.1) is 6.42 Å². The highest BCUT2D eigenvalue weighted by Gasteiger charge is 2.39. The minimum Gasteiger partial charge on any atom is -0.508 e. The van der Waals surface area contributed by atoms with E-state index in [9.17, 15) is 19.8 Å². The lowest BCUT2D eigenvalue weighted by Gasteiger charge is -2.29. The second-order valence-corrected chi connectivity index (χ2v) is 5.66. The number of amides is 1. The Morgan fingerprint density at radius 2 is 1.71 bits per heavy atom. The standard InChI is InChI=1S/C16H21NO4/c18-13-8-4-3-7-12(13)11-14(19)17-16(15(20)21)9-5-1-2-6-10-16/h3-4,7-8,18H,1-2,5-6,9-11H2,(H,17,19)(H,20,21). The summed E-state index contributed by atoms with van der Waals surface area (Å²) in [5, 5.41) is 21.9. The molecule has 5 nitrogen and oxygen atoms in total. The van der Waals surface area contributed by atoms with Gasteiger partial charge in [0.1, 0.15) is 11.3 Å². The molecule has 0 spiro atoms. The van der Waals surface area contributed by atoms with Gasteiger partial charge in [0.15, 0.2) is 0 Å². The molecule has 0 heterocycles. The van der Waals surface area contributed by atoms with Gasteiger partial charge < -0.3 is 15.5 Å². The molecule has 1 fully saturated rings. The van der Waals surface area contributed by atoms with Gasteiger partial charge in [-0.2, -0.15) is 0 Å². The van der Waals surface area contributed by atoms with Crippen LogP contribution in [0.4, 0.5) is 0 Å². The van der Waals surface area contributed by atoms with E-state index in [1.54, 1.807) is 18.2 Å². The van der Waals surface area contributed by atoms with Crippen molar-refractivity contribution >= 4 is 11.9 Å². The Kier molecular flexibility index (Phi) is 4.83. The van der Waals surface area contributed by atoms with Crippen LogP contribution in [0.2, 0.25) is 0 Å². The number of aliphatic carboxylic acids is 1. The molecule has 0 radical (unpaired) electrons. The predicted octanol–water partition coefficient (Wildman–Crippen LogP) is 2.23. The molecule has 3 N–H and O–H groups in total. The fourth-order valence-corrected chi connectivity index (χ4v) is 2.87. The normalized spacial score (nSPS) is 17.7. The first-order valence-corrected chi connectivity index (χ1v) is 7.35. The van der Waals surface area contributed by atoms with Crippen LogP contribution in [-0.2, 0) is 16.0 Å². The zero-order valence-electron chi connectivity index (χ0n) is 12.0. The first kappa shape index (κ1) is 15.4. The molecule has 0 aliphatic heterocycles. The number of carbonyl (C=O) groups excluding carboxylic acids is 1. The number of rotatable bonds is 4. The highest BCUT2D eigenvalue weighted by molar-refractivity contribution is 5.88. The molecule has 114 valence electrons. The van der Waals surface area contributed by atoms with Crippen LogP contribution in [0.5, 0.6) is 5.75 Å². The Morgan fingerprint density at radius 3 is 2.29 bits per heavy atom. The minimum absolute atomic E-state index is 0.0122. The average Bonchev–Trinajstić information content (AvgIpc) is 2.68. The van der Waals surface area contributed by atoms with Crippen molar-refractivity contribution in [3.05, 3.63) is 29.8 Å². The fourth-order valence-electron chi connectivity index (χ4n) is 2.87. The smallest absolute Gasteiger partial charge is 0.329 e. The van der Waals surface area contributed by atoms with Gasteiger partial charge in [0.25, 0.3) is 0 Å². The molecular weight excluding hydrogens is 270 g/mol. The summed E-state index contributed by atoms with van der Waals surface area (Å²) in [6, 6.07) is 6.60. The monoisotopic (exact) mass is 291 g/mol. The van der Waals surface area contributed by atoms with E-state index < -0.39 is 11.5 Å². The molecule has 0 unspecified atom stereocenters. The van der Waals surface area contributed by atoms with E-state index in [4.69, 9.17) is 0 Å². The van der Waals surface area contributed by atoms with E-state index in [0.717, 1.165) is 25.7 Å². The number of para-hydroxylation sites is 1. The second kappa shape index (κ2) is 6.61. The van der Waals surface area contributed by atoms with Crippen LogP contribution >= 0.6 is 0 Å². The van der Waals surface area contributed by atoms with Crippen molar-refractivity contribution in [3.63, 3.8) is 0 Å². The third kappa shape index (κ3) is 3.74. The Labute approximate surface area is 124 Å². The third-order valence-corrected chi connectivity index (χ3v) is 4.09. The molecule has 5 heteroatoms. The molecule has 0 aromatic heterocycles. The van der Waals surface area contributed by atoms with Crippen LogP contribution in [0.25, 0.3) is 0 Å². The van der Waals surface area contributed by atoms with Crippen molar-refractivity contribution in [2.75, 3.05) is 0 Å².